The van der Waals surface area contributed by atoms with Gasteiger partial charge in [0.1, 0.15) is 6.61 Å². The minimum Gasteiger partial charge on any atom is -0.384 e. The number of rotatable bonds is 3. The van der Waals surface area contributed by atoms with E-state index >= 15 is 0 Å². The van der Waals surface area contributed by atoms with Crippen molar-refractivity contribution in [3.63, 3.8) is 0 Å². The van der Waals surface area contributed by atoms with E-state index in [0.29, 0.717) is 26.4 Å². The van der Waals surface area contributed by atoms with Crippen LogP contribution in [0.25, 0.3) is 0 Å². The van der Waals surface area contributed by atoms with Crippen LogP contribution >= 0.6 is 0 Å². The monoisotopic (exact) mass is 289 g/mol. The highest BCUT2D eigenvalue weighted by atomic mass is 16.6. The highest BCUT2D eigenvalue weighted by Gasteiger charge is 2.25. The molecule has 1 atom stereocenters. The minimum absolute atomic E-state index is 0.0705. The number of likely N-dealkylation sites (N-methyl/N-ethyl adjacent to an activating group) is 1. The van der Waals surface area contributed by atoms with Crippen LogP contribution in [0.3, 0.4) is 0 Å². The van der Waals surface area contributed by atoms with E-state index in [-0.39, 0.29) is 12.5 Å². The Morgan fingerprint density at radius 2 is 2.14 bits per heavy atom. The second-order valence-corrected chi connectivity index (χ2v) is 4.79. The zero-order valence-electron chi connectivity index (χ0n) is 12.0. The first-order chi connectivity index (χ1) is 10.2. The third-order valence-electron chi connectivity index (χ3n) is 3.15. The zero-order valence-corrected chi connectivity index (χ0v) is 12.0. The third-order valence-corrected chi connectivity index (χ3v) is 3.15. The summed E-state index contributed by atoms with van der Waals surface area (Å²) in [6.07, 6.45) is -0.501. The normalized spacial score (nSPS) is 17.7. The molecule has 1 amide bonds. The lowest BCUT2D eigenvalue weighted by molar-refractivity contribution is -0.157. The number of nitrogens with zero attached hydrogens (tertiary/aromatic N) is 1. The van der Waals surface area contributed by atoms with Gasteiger partial charge in [-0.1, -0.05) is 24.0 Å². The van der Waals surface area contributed by atoms with Gasteiger partial charge in [-0.2, -0.15) is 0 Å². The van der Waals surface area contributed by atoms with Gasteiger partial charge < -0.3 is 19.5 Å². The van der Waals surface area contributed by atoms with Gasteiger partial charge in [0, 0.05) is 19.2 Å². The summed E-state index contributed by atoms with van der Waals surface area (Å²) in [5.74, 6) is 5.36. The number of hydrogen-bond acceptors (Lipinski definition) is 4. The average molecular weight is 289 g/mol. The number of carbonyl (C=O) groups excluding carboxylic acids is 1. The molecule has 1 aliphatic rings. The minimum atomic E-state index is -0.501. The van der Waals surface area contributed by atoms with Crippen LogP contribution in [0.15, 0.2) is 24.3 Å². The van der Waals surface area contributed by atoms with Gasteiger partial charge in [0.25, 0.3) is 5.91 Å². The van der Waals surface area contributed by atoms with Gasteiger partial charge in [0.05, 0.1) is 19.8 Å². The van der Waals surface area contributed by atoms with Crippen LogP contribution in [0.5, 0.6) is 0 Å². The van der Waals surface area contributed by atoms with E-state index in [1.165, 1.54) is 0 Å². The molecule has 21 heavy (non-hydrogen) atoms. The summed E-state index contributed by atoms with van der Waals surface area (Å²) in [6.45, 7) is 1.68. The number of hydrogen-bond donors (Lipinski definition) is 1. The second kappa shape index (κ2) is 7.79. The van der Waals surface area contributed by atoms with Crippen LogP contribution in [0.2, 0.25) is 0 Å². The number of aliphatic hydroxyl groups excluding tert-OH is 1. The van der Waals surface area contributed by atoms with Gasteiger partial charge in [0.2, 0.25) is 0 Å². The van der Waals surface area contributed by atoms with E-state index in [2.05, 4.69) is 11.8 Å². The van der Waals surface area contributed by atoms with Gasteiger partial charge >= 0.3 is 0 Å². The van der Waals surface area contributed by atoms with Crippen molar-refractivity contribution in [1.29, 1.82) is 0 Å². The Morgan fingerprint density at radius 1 is 1.38 bits per heavy atom. The third kappa shape index (κ3) is 4.57. The molecule has 2 rings (SSSR count). The van der Waals surface area contributed by atoms with Crippen molar-refractivity contribution in [2.75, 3.05) is 33.5 Å². The summed E-state index contributed by atoms with van der Waals surface area (Å²) in [6, 6.07) is 7.58. The molecule has 5 nitrogen and oxygen atoms in total. The van der Waals surface area contributed by atoms with Crippen molar-refractivity contribution >= 4 is 5.91 Å². The number of aliphatic hydroxyl groups is 1. The molecular weight excluding hydrogens is 270 g/mol. The second-order valence-electron chi connectivity index (χ2n) is 4.79. The van der Waals surface area contributed by atoms with E-state index in [0.717, 1.165) is 11.1 Å². The largest absolute Gasteiger partial charge is 0.384 e. The molecule has 1 unspecified atom stereocenters. The quantitative estimate of drug-likeness (QED) is 0.819. The summed E-state index contributed by atoms with van der Waals surface area (Å²) < 4.78 is 10.7. The number of amides is 1. The highest BCUT2D eigenvalue weighted by molar-refractivity contribution is 5.80. The van der Waals surface area contributed by atoms with Crippen LogP contribution in [-0.4, -0.2) is 55.5 Å². The van der Waals surface area contributed by atoms with Gasteiger partial charge in [-0.25, -0.2) is 0 Å². The summed E-state index contributed by atoms with van der Waals surface area (Å²) in [5, 5.41) is 8.65. The van der Waals surface area contributed by atoms with Gasteiger partial charge in [-0.15, -0.1) is 0 Å². The van der Waals surface area contributed by atoms with Crippen molar-refractivity contribution < 1.29 is 19.4 Å². The van der Waals surface area contributed by atoms with Crippen molar-refractivity contribution in [3.8, 4) is 11.8 Å². The highest BCUT2D eigenvalue weighted by Crippen LogP contribution is 2.09. The molecule has 0 saturated carbocycles. The van der Waals surface area contributed by atoms with E-state index in [9.17, 15) is 4.79 Å². The Morgan fingerprint density at radius 3 is 2.76 bits per heavy atom. The Balaban J connectivity index is 1.92. The standard InChI is InChI=1S/C16H19NO4/c1-17(16(19)15-12-20-9-10-21-15)11-14-6-4-13(5-7-14)3-2-8-18/h4-7,15,18H,8-12H2,1H3. The molecule has 0 bridgehead atoms. The maximum absolute atomic E-state index is 12.2. The molecule has 1 aromatic rings. The topological polar surface area (TPSA) is 59.0 Å². The predicted octanol–water partition coefficient (Wildman–Crippen LogP) is 0.404. The molecule has 1 aliphatic heterocycles. The fourth-order valence-electron chi connectivity index (χ4n) is 2.06. The van der Waals surface area contributed by atoms with Crippen molar-refractivity contribution in [2.24, 2.45) is 0 Å². The van der Waals surface area contributed by atoms with Crippen LogP contribution in [0.1, 0.15) is 11.1 Å². The van der Waals surface area contributed by atoms with Crippen molar-refractivity contribution in [2.45, 2.75) is 12.6 Å². The first kappa shape index (κ1) is 15.5. The fraction of sp³-hybridized carbons (Fsp3) is 0.438. The lowest BCUT2D eigenvalue weighted by atomic mass is 10.1. The first-order valence-electron chi connectivity index (χ1n) is 6.83. The van der Waals surface area contributed by atoms with Gasteiger partial charge in [-0.05, 0) is 17.7 Å². The summed E-state index contributed by atoms with van der Waals surface area (Å²) >= 11 is 0. The molecule has 1 fully saturated rings. The smallest absolute Gasteiger partial charge is 0.254 e. The lowest BCUT2D eigenvalue weighted by Gasteiger charge is -2.26. The van der Waals surface area contributed by atoms with E-state index < -0.39 is 6.10 Å². The molecule has 5 heteroatoms. The maximum atomic E-state index is 12.2. The number of benzene rings is 1. The Hall–Kier alpha value is -1.87. The molecule has 1 aromatic carbocycles. The molecule has 1 N–H and O–H groups in total. The van der Waals surface area contributed by atoms with E-state index in [1.807, 2.05) is 24.3 Å². The maximum Gasteiger partial charge on any atom is 0.254 e. The predicted molar refractivity (Wildman–Crippen MR) is 77.4 cm³/mol. The van der Waals surface area contributed by atoms with Crippen LogP contribution < -0.4 is 0 Å². The van der Waals surface area contributed by atoms with E-state index in [4.69, 9.17) is 14.6 Å². The molecule has 0 aliphatic carbocycles. The first-order valence-corrected chi connectivity index (χ1v) is 6.83. The van der Waals surface area contributed by atoms with Crippen LogP contribution in [0, 0.1) is 11.8 Å². The lowest BCUT2D eigenvalue weighted by Crippen LogP contribution is -2.43. The fourth-order valence-corrected chi connectivity index (χ4v) is 2.06. The Kier molecular flexibility index (Phi) is 5.76. The molecule has 0 aromatic heterocycles. The molecule has 0 radical (unpaired) electrons. The van der Waals surface area contributed by atoms with E-state index in [1.54, 1.807) is 11.9 Å². The number of carbonyl (C=O) groups is 1. The zero-order chi connectivity index (χ0) is 15.1. The van der Waals surface area contributed by atoms with Crippen LogP contribution in [-0.2, 0) is 20.8 Å². The summed E-state index contributed by atoms with van der Waals surface area (Å²) in [4.78, 5) is 13.8. The number of ether oxygens (including phenoxy) is 2. The average Bonchev–Trinajstić information content (AvgIpc) is 2.54. The van der Waals surface area contributed by atoms with Crippen molar-refractivity contribution in [1.82, 2.24) is 4.90 Å². The molecule has 1 heterocycles. The van der Waals surface area contributed by atoms with Gasteiger partial charge in [0.15, 0.2) is 6.10 Å². The van der Waals surface area contributed by atoms with Crippen LogP contribution in [0.4, 0.5) is 0 Å². The molecule has 112 valence electrons. The Labute approximate surface area is 124 Å². The molecule has 0 spiro atoms. The Bertz CT molecular complexity index is 523. The van der Waals surface area contributed by atoms with Gasteiger partial charge in [-0.3, -0.25) is 4.79 Å². The summed E-state index contributed by atoms with van der Waals surface area (Å²) in [5.41, 5.74) is 1.85. The SMILES string of the molecule is CN(Cc1ccc(C#CCO)cc1)C(=O)C1COCCO1. The molecular formula is C16H19NO4. The molecule has 1 saturated heterocycles. The van der Waals surface area contributed by atoms with Crippen molar-refractivity contribution in [3.05, 3.63) is 35.4 Å². The summed E-state index contributed by atoms with van der Waals surface area (Å²) in [7, 11) is 1.75.